The number of ether oxygens (including phenoxy) is 6. The minimum Gasteiger partial charge on any atom is -0.459 e. The van der Waals surface area contributed by atoms with Gasteiger partial charge in [0.2, 0.25) is 41.7 Å². The highest BCUT2D eigenvalue weighted by atomic mass is 19.1. The SMILES string of the molecule is CC(C)CC(=O)O[C@@H]1[C@H](O)[C@@H](O[C@H]2[C@H](O)[C@H](O)[C@@H](Oc3ccc(C[C@H]4NC(=O)[C@H](C(C)c5ccccc5)NC(=O)CNC(=O)[C@H](CO)NC(=O)[C@@H](C(O)C5CN=C(N)N5[C@H]5O[C@H](CO)[C@@H](O)[C@H](O)[C@@H]5O)NC(=O)[C@H](C(O)C5CN=C(N)N5)NC4=O)cc3F)O[C@@H]2CO)O[C@H](CO)[C@H]1O. The Labute approximate surface area is 557 Å². The Morgan fingerprint density at radius 3 is 1.89 bits per heavy atom. The lowest BCUT2D eigenvalue weighted by Crippen LogP contribution is -2.70. The first kappa shape index (κ1) is 76.1. The van der Waals surface area contributed by atoms with Gasteiger partial charge in [0.1, 0.15) is 110 Å². The van der Waals surface area contributed by atoms with Crippen molar-refractivity contribution in [2.75, 3.05) is 46.1 Å². The molecule has 4 fully saturated rings. The lowest BCUT2D eigenvalue weighted by molar-refractivity contribution is -0.353. The molecule has 2 aromatic rings. The molecule has 4 saturated heterocycles. The quantitative estimate of drug-likeness (QED) is 0.0547. The number of benzene rings is 2. The van der Waals surface area contributed by atoms with Crippen LogP contribution in [0.15, 0.2) is 58.5 Å². The van der Waals surface area contributed by atoms with Gasteiger partial charge in [-0.3, -0.25) is 43.5 Å². The third-order valence-corrected chi connectivity index (χ3v) is 17.4. The molecule has 6 amide bonds. The second kappa shape index (κ2) is 33.5. The fourth-order valence-corrected chi connectivity index (χ4v) is 11.9. The monoisotopic (exact) mass is 1400 g/mol. The molecule has 0 aromatic heterocycles. The second-order valence-electron chi connectivity index (χ2n) is 24.7. The highest BCUT2D eigenvalue weighted by Crippen LogP contribution is 2.34. The summed E-state index contributed by atoms with van der Waals surface area (Å²) in [6.45, 7) is -0.970. The third-order valence-electron chi connectivity index (χ3n) is 17.4. The van der Waals surface area contributed by atoms with E-state index in [9.17, 15) is 90.4 Å². The zero-order valence-corrected chi connectivity index (χ0v) is 53.0. The molecule has 24 N–H and O–H groups in total. The van der Waals surface area contributed by atoms with Crippen molar-refractivity contribution in [2.24, 2.45) is 27.4 Å². The van der Waals surface area contributed by atoms with Gasteiger partial charge < -0.3 is 148 Å². The summed E-state index contributed by atoms with van der Waals surface area (Å²) in [5.74, 6) is -12.5. The number of nitrogens with zero attached hydrogens (tertiary/aromatic N) is 3. The summed E-state index contributed by atoms with van der Waals surface area (Å²) in [6, 6.07) is -2.36. The Hall–Kier alpha value is -7.68. The standard InChI is InChI=1S/C59H85FN12O26/c1-21(2)11-35(78)97-49-42(82)32(19-75)95-57(47(49)87)98-48-33(20-76)96-56(46(86)44(48)84)94-30-10-9-23(12-25(30)60)13-26-51(89)70-37(39(79)27-14-64-58(61)68-27)54(92)71-38(40(80)29-15-65-59(62)72(29)55-45(85)43(83)41(81)31(18-74)93-55)53(91)67-28(17-73)50(88)63-16-34(77)69-36(52(90)66-26)22(3)24-7-5-4-6-8-24/h4-10,12,21-22,26-29,31-33,36-49,55-57,73-76,79-87H,11,13-20H2,1-3H3,(H2,62,65)(H,63,88)(H,66,90)(H,67,91)(H,69,77)(H,70,89)(H,71,92)(H3,61,64,68)/t22?,26-,27?,28+,29?,31-,32-,33-,36+,37+,38-,39?,40?,41-,42-,43+,44-,45+,46+,47+,48-,49+,55+,56+,57-/m1/s1. The largest absolute Gasteiger partial charge is 0.459 e. The highest BCUT2D eigenvalue weighted by Gasteiger charge is 2.55. The molecule has 0 radical (unpaired) electrons. The number of aliphatic hydroxyl groups is 13. The van der Waals surface area contributed by atoms with Crippen LogP contribution in [0.4, 0.5) is 4.39 Å². The van der Waals surface area contributed by atoms with Crippen molar-refractivity contribution < 1.29 is 133 Å². The number of nitrogens with two attached hydrogens (primary N) is 2. The van der Waals surface area contributed by atoms with Crippen molar-refractivity contribution in [3.63, 3.8) is 0 Å². The van der Waals surface area contributed by atoms with E-state index in [4.69, 9.17) is 39.9 Å². The van der Waals surface area contributed by atoms with Gasteiger partial charge in [-0.25, -0.2) is 4.39 Å². The maximum Gasteiger partial charge on any atom is 0.306 e. The number of esters is 1. The minimum atomic E-state index is -2.40. The lowest BCUT2D eigenvalue weighted by Gasteiger charge is -2.46. The Kier molecular flexibility index (Phi) is 26.0. The number of aliphatic hydroxyl groups excluding tert-OH is 13. The summed E-state index contributed by atoms with van der Waals surface area (Å²) < 4.78 is 50.3. The topological polar surface area (TPSA) is 602 Å². The molecule has 0 spiro atoms. The normalized spacial score (nSPS) is 35.7. The molecule has 98 heavy (non-hydrogen) atoms. The molecule has 5 unspecified atom stereocenters. The van der Waals surface area contributed by atoms with Crippen LogP contribution in [0.1, 0.15) is 44.2 Å². The number of guanidine groups is 2. The first-order chi connectivity index (χ1) is 46.5. The van der Waals surface area contributed by atoms with Crippen LogP contribution in [0.3, 0.4) is 0 Å². The molecule has 0 aliphatic carbocycles. The van der Waals surface area contributed by atoms with Gasteiger partial charge in [-0.05, 0) is 29.2 Å². The fraction of sp³-hybridized carbons (Fsp3) is 0.644. The zero-order valence-electron chi connectivity index (χ0n) is 53.0. The molecule has 6 aliphatic rings. The Bertz CT molecular complexity index is 3180. The van der Waals surface area contributed by atoms with Crippen molar-refractivity contribution >= 4 is 53.3 Å². The predicted molar refractivity (Wildman–Crippen MR) is 326 cm³/mol. The zero-order chi connectivity index (χ0) is 71.7. The molecule has 2 aromatic carbocycles. The van der Waals surface area contributed by atoms with Crippen LogP contribution in [0.25, 0.3) is 0 Å². The Morgan fingerprint density at radius 2 is 1.26 bits per heavy atom. The van der Waals surface area contributed by atoms with Crippen molar-refractivity contribution in [1.29, 1.82) is 0 Å². The highest BCUT2D eigenvalue weighted by molar-refractivity contribution is 5.98. The lowest BCUT2D eigenvalue weighted by atomic mass is 9.92. The summed E-state index contributed by atoms with van der Waals surface area (Å²) in [4.78, 5) is 109. The fourth-order valence-electron chi connectivity index (χ4n) is 11.9. The Morgan fingerprint density at radius 1 is 0.633 bits per heavy atom. The summed E-state index contributed by atoms with van der Waals surface area (Å²) in [7, 11) is 0. The summed E-state index contributed by atoms with van der Waals surface area (Å²) in [6.07, 6.45) is -33.4. The molecular formula is C59H85FN12O26. The van der Waals surface area contributed by atoms with Gasteiger partial charge in [0.25, 0.3) is 0 Å². The van der Waals surface area contributed by atoms with Crippen molar-refractivity contribution in [3.05, 3.63) is 65.5 Å². The average molecular weight is 1400 g/mol. The van der Waals surface area contributed by atoms with E-state index in [2.05, 4.69) is 47.2 Å². The van der Waals surface area contributed by atoms with E-state index in [1.54, 1.807) is 44.2 Å². The number of hydrogen-bond acceptors (Lipinski definition) is 32. The van der Waals surface area contributed by atoms with Gasteiger partial charge in [0.05, 0.1) is 58.1 Å². The smallest absolute Gasteiger partial charge is 0.306 e. The van der Waals surface area contributed by atoms with Crippen LogP contribution in [-0.2, 0) is 63.7 Å². The minimum absolute atomic E-state index is 0.128. The average Bonchev–Trinajstić information content (AvgIpc) is 1.36. The number of carbonyl (C=O) groups is 7. The number of rotatable bonds is 20. The van der Waals surface area contributed by atoms with Crippen LogP contribution >= 0.6 is 0 Å². The van der Waals surface area contributed by atoms with Gasteiger partial charge >= 0.3 is 5.97 Å². The first-order valence-corrected chi connectivity index (χ1v) is 31.3. The summed E-state index contributed by atoms with van der Waals surface area (Å²) in [5.41, 5.74) is 12.4. The van der Waals surface area contributed by atoms with Gasteiger partial charge in [-0.15, -0.1) is 0 Å². The molecule has 0 bridgehead atoms. The maximum absolute atomic E-state index is 16.6. The summed E-state index contributed by atoms with van der Waals surface area (Å²) in [5, 5.41) is 159. The van der Waals surface area contributed by atoms with Crippen LogP contribution < -0.4 is 53.4 Å². The van der Waals surface area contributed by atoms with Gasteiger partial charge in [-0.2, -0.15) is 0 Å². The second-order valence-corrected chi connectivity index (χ2v) is 24.7. The molecule has 0 saturated carbocycles. The number of nitrogens with one attached hydrogen (secondary N) is 7. The third kappa shape index (κ3) is 17.5. The van der Waals surface area contributed by atoms with E-state index < -0.39 is 257 Å². The number of halogens is 1. The molecular weight excluding hydrogens is 1310 g/mol. The molecule has 544 valence electrons. The molecule has 6 heterocycles. The van der Waals surface area contributed by atoms with Crippen LogP contribution in [-0.4, -0.2) is 317 Å². The van der Waals surface area contributed by atoms with E-state index in [1.165, 1.54) is 6.92 Å². The van der Waals surface area contributed by atoms with Gasteiger partial charge in [0, 0.05) is 18.8 Å². The van der Waals surface area contributed by atoms with E-state index in [1.807, 2.05) is 0 Å². The molecule has 38 nitrogen and oxygen atoms in total. The molecule has 25 atom stereocenters. The van der Waals surface area contributed by atoms with E-state index >= 15 is 14.0 Å². The van der Waals surface area contributed by atoms with Crippen LogP contribution in [0, 0.1) is 11.7 Å². The maximum atomic E-state index is 16.6. The first-order valence-electron chi connectivity index (χ1n) is 31.3. The van der Waals surface area contributed by atoms with Crippen LogP contribution in [0.5, 0.6) is 5.75 Å². The molecule has 39 heteroatoms. The van der Waals surface area contributed by atoms with Gasteiger partial charge in [-0.1, -0.05) is 57.2 Å². The number of carbonyl (C=O) groups excluding carboxylic acids is 7. The van der Waals surface area contributed by atoms with Gasteiger partial charge in [0.15, 0.2) is 42.1 Å². The number of aliphatic imine (C=N–C) groups is 2. The van der Waals surface area contributed by atoms with Crippen LogP contribution in [0.2, 0.25) is 0 Å². The number of hydrogen-bond donors (Lipinski definition) is 22. The summed E-state index contributed by atoms with van der Waals surface area (Å²) >= 11 is 0. The molecule has 8 rings (SSSR count). The van der Waals surface area contributed by atoms with E-state index in [-0.39, 0.29) is 30.4 Å². The number of amides is 6. The Balaban J connectivity index is 1.10. The van der Waals surface area contributed by atoms with E-state index in [0.717, 1.165) is 23.1 Å². The van der Waals surface area contributed by atoms with E-state index in [0.29, 0.717) is 5.56 Å². The van der Waals surface area contributed by atoms with Crippen molar-refractivity contribution in [2.45, 2.75) is 186 Å². The van der Waals surface area contributed by atoms with Crippen molar-refractivity contribution in [3.8, 4) is 5.75 Å². The van der Waals surface area contributed by atoms with Crippen molar-refractivity contribution in [1.82, 2.24) is 42.1 Å². The molecule has 6 aliphatic heterocycles. The predicted octanol–water partition coefficient (Wildman–Crippen LogP) is -11.9.